The molecule has 3 nitrogen and oxygen atoms in total. The predicted octanol–water partition coefficient (Wildman–Crippen LogP) is 4.10. The summed E-state index contributed by atoms with van der Waals surface area (Å²) < 4.78 is 0. The van der Waals surface area contributed by atoms with Crippen molar-refractivity contribution in [3.63, 3.8) is 0 Å². The van der Waals surface area contributed by atoms with Crippen molar-refractivity contribution in [2.45, 2.75) is 46.5 Å². The second-order valence-corrected chi connectivity index (χ2v) is 6.16. The highest BCUT2D eigenvalue weighted by Gasteiger charge is 2.41. The van der Waals surface area contributed by atoms with E-state index in [1.807, 2.05) is 25.1 Å². The molecule has 0 atom stereocenters. The van der Waals surface area contributed by atoms with Gasteiger partial charge in [0.25, 0.3) is 0 Å². The molecule has 0 spiro atoms. The van der Waals surface area contributed by atoms with Gasteiger partial charge in [-0.1, -0.05) is 32.8 Å². The van der Waals surface area contributed by atoms with Crippen molar-refractivity contribution in [1.82, 2.24) is 0 Å². The van der Waals surface area contributed by atoms with Crippen LogP contribution in [0, 0.1) is 12.3 Å². The van der Waals surface area contributed by atoms with Gasteiger partial charge in [0.15, 0.2) is 0 Å². The van der Waals surface area contributed by atoms with Crippen molar-refractivity contribution in [3.05, 3.63) is 29.3 Å². The monoisotopic (exact) mass is 275 g/mol. The molecule has 1 heterocycles. The van der Waals surface area contributed by atoms with E-state index in [-0.39, 0.29) is 0 Å². The Bertz CT molecular complexity index is 482. The number of anilines is 1. The van der Waals surface area contributed by atoms with Crippen LogP contribution in [0.25, 0.3) is 0 Å². The molecule has 3 heteroatoms. The fourth-order valence-electron chi connectivity index (χ4n) is 3.48. The molecule has 0 bridgehead atoms. The van der Waals surface area contributed by atoms with Crippen LogP contribution in [-0.4, -0.2) is 24.2 Å². The molecular formula is C17H25NO2. The minimum Gasteiger partial charge on any atom is -0.478 e. The minimum absolute atomic E-state index is 0.422. The zero-order chi connectivity index (χ0) is 14.8. The van der Waals surface area contributed by atoms with Crippen LogP contribution in [0.1, 0.15) is 55.5 Å². The van der Waals surface area contributed by atoms with Gasteiger partial charge in [-0.2, -0.15) is 0 Å². The van der Waals surface area contributed by atoms with Crippen LogP contribution in [0.15, 0.2) is 18.2 Å². The normalized spacial score (nSPS) is 16.9. The summed E-state index contributed by atoms with van der Waals surface area (Å²) in [6, 6.07) is 5.78. The molecule has 1 N–H and O–H groups in total. The molecule has 0 aromatic heterocycles. The Morgan fingerprint density at radius 2 is 1.85 bits per heavy atom. The lowest BCUT2D eigenvalue weighted by molar-refractivity contribution is 0.0696. The third-order valence-corrected chi connectivity index (χ3v) is 4.43. The molecule has 1 aromatic rings. The Morgan fingerprint density at radius 3 is 2.35 bits per heavy atom. The molecule has 1 aromatic carbocycles. The molecule has 1 fully saturated rings. The number of aryl methyl sites for hydroxylation is 1. The molecule has 1 aliphatic rings. The van der Waals surface area contributed by atoms with Crippen LogP contribution in [0.3, 0.4) is 0 Å². The Kier molecular flexibility index (Phi) is 4.36. The largest absolute Gasteiger partial charge is 0.478 e. The number of benzene rings is 1. The van der Waals surface area contributed by atoms with Gasteiger partial charge >= 0.3 is 5.97 Å². The zero-order valence-corrected chi connectivity index (χ0v) is 12.8. The summed E-state index contributed by atoms with van der Waals surface area (Å²) in [4.78, 5) is 13.5. The van der Waals surface area contributed by atoms with E-state index in [0.717, 1.165) is 24.3 Å². The van der Waals surface area contributed by atoms with Crippen molar-refractivity contribution in [2.75, 3.05) is 18.0 Å². The van der Waals surface area contributed by atoms with E-state index >= 15 is 0 Å². The van der Waals surface area contributed by atoms with Gasteiger partial charge in [-0.3, -0.25) is 0 Å². The van der Waals surface area contributed by atoms with Crippen LogP contribution >= 0.6 is 0 Å². The second-order valence-electron chi connectivity index (χ2n) is 6.16. The number of nitrogens with zero attached hydrogens (tertiary/aromatic N) is 1. The lowest BCUT2D eigenvalue weighted by Crippen LogP contribution is -2.56. The van der Waals surface area contributed by atoms with E-state index in [9.17, 15) is 9.90 Å². The summed E-state index contributed by atoms with van der Waals surface area (Å²) in [6.45, 7) is 8.47. The number of hydrogen-bond acceptors (Lipinski definition) is 2. The number of aromatic carboxylic acids is 1. The third-order valence-electron chi connectivity index (χ3n) is 4.43. The second kappa shape index (κ2) is 5.86. The van der Waals surface area contributed by atoms with Gasteiger partial charge in [0.05, 0.1) is 5.56 Å². The molecule has 0 saturated carbocycles. The summed E-state index contributed by atoms with van der Waals surface area (Å²) >= 11 is 0. The maximum atomic E-state index is 11.2. The van der Waals surface area contributed by atoms with Crippen LogP contribution in [-0.2, 0) is 0 Å². The molecule has 1 saturated heterocycles. The molecule has 0 radical (unpaired) electrons. The van der Waals surface area contributed by atoms with Crippen LogP contribution in [0.2, 0.25) is 0 Å². The first-order chi connectivity index (χ1) is 9.51. The first kappa shape index (κ1) is 14.9. The fraction of sp³-hybridized carbons (Fsp3) is 0.588. The maximum absolute atomic E-state index is 11.2. The fourth-order valence-corrected chi connectivity index (χ4v) is 3.48. The molecule has 2 rings (SSSR count). The topological polar surface area (TPSA) is 40.5 Å². The van der Waals surface area contributed by atoms with Gasteiger partial charge in [-0.25, -0.2) is 4.79 Å². The molecule has 1 aliphatic heterocycles. The Labute approximate surface area is 121 Å². The van der Waals surface area contributed by atoms with Crippen molar-refractivity contribution in [1.29, 1.82) is 0 Å². The maximum Gasteiger partial charge on any atom is 0.336 e. The summed E-state index contributed by atoms with van der Waals surface area (Å²) in [5.74, 6) is -0.835. The van der Waals surface area contributed by atoms with Crippen LogP contribution < -0.4 is 4.90 Å². The molecule has 20 heavy (non-hydrogen) atoms. The predicted molar refractivity (Wildman–Crippen MR) is 82.6 cm³/mol. The standard InChI is InChI=1S/C17H25NO2/c1-4-8-17(9-5-2)11-18(12-17)14-7-6-13(3)15(10-14)16(19)20/h6-7,10H,4-5,8-9,11-12H2,1-3H3,(H,19,20). The minimum atomic E-state index is -0.835. The highest BCUT2D eigenvalue weighted by molar-refractivity contribution is 5.90. The lowest BCUT2D eigenvalue weighted by Gasteiger charge is -2.52. The van der Waals surface area contributed by atoms with E-state index in [1.165, 1.54) is 25.7 Å². The molecule has 0 unspecified atom stereocenters. The van der Waals surface area contributed by atoms with Gasteiger partial charge in [0.2, 0.25) is 0 Å². The molecule has 0 aliphatic carbocycles. The summed E-state index contributed by atoms with van der Waals surface area (Å²) in [5.41, 5.74) is 2.76. The Balaban J connectivity index is 2.12. The SMILES string of the molecule is CCCC1(CCC)CN(c2ccc(C)c(C(=O)O)c2)C1. The van der Waals surface area contributed by atoms with E-state index in [0.29, 0.717) is 11.0 Å². The summed E-state index contributed by atoms with van der Waals surface area (Å²) in [5, 5.41) is 9.22. The summed E-state index contributed by atoms with van der Waals surface area (Å²) in [7, 11) is 0. The lowest BCUT2D eigenvalue weighted by atomic mass is 9.72. The van der Waals surface area contributed by atoms with Gasteiger partial charge in [-0.15, -0.1) is 0 Å². The van der Waals surface area contributed by atoms with Crippen molar-refractivity contribution < 1.29 is 9.90 Å². The van der Waals surface area contributed by atoms with E-state index in [4.69, 9.17) is 0 Å². The van der Waals surface area contributed by atoms with Crippen LogP contribution in [0.5, 0.6) is 0 Å². The quantitative estimate of drug-likeness (QED) is 0.849. The average molecular weight is 275 g/mol. The number of hydrogen-bond donors (Lipinski definition) is 1. The first-order valence-electron chi connectivity index (χ1n) is 7.60. The van der Waals surface area contributed by atoms with E-state index in [2.05, 4.69) is 18.7 Å². The average Bonchev–Trinajstić information content (AvgIpc) is 2.36. The van der Waals surface area contributed by atoms with Gasteiger partial charge < -0.3 is 10.0 Å². The highest BCUT2D eigenvalue weighted by atomic mass is 16.4. The Hall–Kier alpha value is -1.51. The number of rotatable bonds is 6. The van der Waals surface area contributed by atoms with E-state index in [1.54, 1.807) is 0 Å². The molecule has 0 amide bonds. The van der Waals surface area contributed by atoms with Crippen molar-refractivity contribution in [3.8, 4) is 0 Å². The van der Waals surface area contributed by atoms with Gasteiger partial charge in [-0.05, 0) is 37.5 Å². The van der Waals surface area contributed by atoms with E-state index < -0.39 is 5.97 Å². The highest BCUT2D eigenvalue weighted by Crippen LogP contribution is 2.42. The zero-order valence-electron chi connectivity index (χ0n) is 12.8. The smallest absolute Gasteiger partial charge is 0.336 e. The van der Waals surface area contributed by atoms with Crippen LogP contribution in [0.4, 0.5) is 5.69 Å². The summed E-state index contributed by atoms with van der Waals surface area (Å²) in [6.07, 6.45) is 4.99. The first-order valence-corrected chi connectivity index (χ1v) is 7.60. The third kappa shape index (κ3) is 2.82. The van der Waals surface area contributed by atoms with Crippen molar-refractivity contribution in [2.24, 2.45) is 5.41 Å². The Morgan fingerprint density at radius 1 is 1.25 bits per heavy atom. The number of carboxylic acid groups (broad SMARTS) is 1. The molecular weight excluding hydrogens is 250 g/mol. The van der Waals surface area contributed by atoms with Gasteiger partial charge in [0.1, 0.15) is 0 Å². The van der Waals surface area contributed by atoms with Gasteiger partial charge in [0, 0.05) is 24.2 Å². The number of carbonyl (C=O) groups is 1. The molecule has 110 valence electrons. The van der Waals surface area contributed by atoms with Crippen molar-refractivity contribution >= 4 is 11.7 Å². The number of carboxylic acids is 1.